The average Bonchev–Trinajstić information content (AvgIpc) is 2.53. The molecule has 0 aliphatic carbocycles. The second-order valence-electron chi connectivity index (χ2n) is 4.45. The SMILES string of the molecule is COc1ccc(NC(=O)CSc2cccc(C(F)(F)F)c2)cn1. The molecule has 23 heavy (non-hydrogen) atoms. The van der Waals surface area contributed by atoms with E-state index in [1.54, 1.807) is 12.1 Å². The van der Waals surface area contributed by atoms with Crippen molar-refractivity contribution in [3.8, 4) is 5.88 Å². The summed E-state index contributed by atoms with van der Waals surface area (Å²) in [5.41, 5.74) is -0.247. The molecular weight excluding hydrogens is 329 g/mol. The Morgan fingerprint density at radius 2 is 2.09 bits per heavy atom. The molecule has 0 bridgehead atoms. The highest BCUT2D eigenvalue weighted by Crippen LogP contribution is 2.31. The van der Waals surface area contributed by atoms with Crippen LogP contribution < -0.4 is 10.1 Å². The van der Waals surface area contributed by atoms with Crippen LogP contribution in [0.3, 0.4) is 0 Å². The van der Waals surface area contributed by atoms with Gasteiger partial charge in [0.15, 0.2) is 0 Å². The van der Waals surface area contributed by atoms with E-state index in [2.05, 4.69) is 10.3 Å². The molecule has 2 rings (SSSR count). The third-order valence-corrected chi connectivity index (χ3v) is 3.75. The Morgan fingerprint density at radius 1 is 1.30 bits per heavy atom. The number of alkyl halides is 3. The number of methoxy groups -OCH3 is 1. The molecule has 0 radical (unpaired) electrons. The van der Waals surface area contributed by atoms with E-state index in [1.165, 1.54) is 25.4 Å². The van der Waals surface area contributed by atoms with Crippen molar-refractivity contribution in [1.29, 1.82) is 0 Å². The molecule has 1 aromatic carbocycles. The lowest BCUT2D eigenvalue weighted by molar-refractivity contribution is -0.137. The Kier molecular flexibility index (Phi) is 5.49. The number of anilines is 1. The van der Waals surface area contributed by atoms with E-state index >= 15 is 0 Å². The van der Waals surface area contributed by atoms with Crippen molar-refractivity contribution in [2.75, 3.05) is 18.2 Å². The Morgan fingerprint density at radius 3 is 2.70 bits per heavy atom. The molecule has 0 aliphatic rings. The van der Waals surface area contributed by atoms with Gasteiger partial charge in [0, 0.05) is 11.0 Å². The fraction of sp³-hybridized carbons (Fsp3) is 0.200. The Bertz CT molecular complexity index is 675. The van der Waals surface area contributed by atoms with Crippen molar-refractivity contribution in [1.82, 2.24) is 4.98 Å². The van der Waals surface area contributed by atoms with E-state index in [-0.39, 0.29) is 11.7 Å². The highest BCUT2D eigenvalue weighted by Gasteiger charge is 2.30. The van der Waals surface area contributed by atoms with Crippen LogP contribution in [0.25, 0.3) is 0 Å². The van der Waals surface area contributed by atoms with Crippen LogP contribution in [0.15, 0.2) is 47.5 Å². The summed E-state index contributed by atoms with van der Waals surface area (Å²) >= 11 is 1.03. The highest BCUT2D eigenvalue weighted by molar-refractivity contribution is 8.00. The van der Waals surface area contributed by atoms with Crippen molar-refractivity contribution in [2.45, 2.75) is 11.1 Å². The van der Waals surface area contributed by atoms with Crippen LogP contribution in [-0.2, 0) is 11.0 Å². The number of benzene rings is 1. The fourth-order valence-electron chi connectivity index (χ4n) is 1.68. The number of hydrogen-bond donors (Lipinski definition) is 1. The van der Waals surface area contributed by atoms with Crippen LogP contribution in [-0.4, -0.2) is 23.8 Å². The summed E-state index contributed by atoms with van der Waals surface area (Å²) in [4.78, 5) is 16.1. The molecule has 0 atom stereocenters. The molecule has 0 aliphatic heterocycles. The number of aromatic nitrogens is 1. The van der Waals surface area contributed by atoms with E-state index < -0.39 is 11.7 Å². The first-order chi connectivity index (χ1) is 10.9. The van der Waals surface area contributed by atoms with Gasteiger partial charge in [-0.1, -0.05) is 6.07 Å². The minimum absolute atomic E-state index is 0.00661. The van der Waals surface area contributed by atoms with Gasteiger partial charge in [-0.15, -0.1) is 11.8 Å². The number of nitrogens with one attached hydrogen (secondary N) is 1. The minimum Gasteiger partial charge on any atom is -0.481 e. The molecule has 0 saturated heterocycles. The van der Waals surface area contributed by atoms with Gasteiger partial charge in [0.25, 0.3) is 0 Å². The first-order valence-electron chi connectivity index (χ1n) is 6.48. The Labute approximate surface area is 135 Å². The Hall–Kier alpha value is -2.22. The van der Waals surface area contributed by atoms with Gasteiger partial charge in [0.2, 0.25) is 11.8 Å². The molecule has 0 spiro atoms. The zero-order chi connectivity index (χ0) is 16.9. The predicted octanol–water partition coefficient (Wildman–Crippen LogP) is 3.84. The maximum Gasteiger partial charge on any atom is 0.416 e. The van der Waals surface area contributed by atoms with Gasteiger partial charge in [-0.25, -0.2) is 4.98 Å². The van der Waals surface area contributed by atoms with Crippen LogP contribution >= 0.6 is 11.8 Å². The number of thioether (sulfide) groups is 1. The number of carbonyl (C=O) groups excluding carboxylic acids is 1. The van der Waals surface area contributed by atoms with Gasteiger partial charge in [0.05, 0.1) is 30.3 Å². The Balaban J connectivity index is 1.91. The molecule has 1 heterocycles. The second-order valence-corrected chi connectivity index (χ2v) is 5.50. The molecule has 0 saturated carbocycles. The van der Waals surface area contributed by atoms with E-state index in [0.29, 0.717) is 16.5 Å². The van der Waals surface area contributed by atoms with Gasteiger partial charge in [-0.3, -0.25) is 4.79 Å². The van der Waals surface area contributed by atoms with E-state index in [0.717, 1.165) is 23.9 Å². The number of halogens is 3. The minimum atomic E-state index is -4.40. The van der Waals surface area contributed by atoms with Crippen molar-refractivity contribution in [2.24, 2.45) is 0 Å². The lowest BCUT2D eigenvalue weighted by atomic mass is 10.2. The molecule has 1 aromatic heterocycles. The van der Waals surface area contributed by atoms with Crippen LogP contribution in [0, 0.1) is 0 Å². The quantitative estimate of drug-likeness (QED) is 0.839. The molecule has 4 nitrogen and oxygen atoms in total. The summed E-state index contributed by atoms with van der Waals surface area (Å²) in [6.07, 6.45) is -2.96. The molecule has 0 fully saturated rings. The summed E-state index contributed by atoms with van der Waals surface area (Å²) in [7, 11) is 1.48. The van der Waals surface area contributed by atoms with E-state index in [4.69, 9.17) is 4.74 Å². The largest absolute Gasteiger partial charge is 0.481 e. The van der Waals surface area contributed by atoms with Crippen molar-refractivity contribution in [3.05, 3.63) is 48.2 Å². The summed E-state index contributed by atoms with van der Waals surface area (Å²) in [5.74, 6) is 0.0774. The standard InChI is InChI=1S/C15H13F3N2O2S/c1-22-14-6-5-11(8-19-14)20-13(21)9-23-12-4-2-3-10(7-12)15(16,17)18/h2-8H,9H2,1H3,(H,20,21). The van der Waals surface area contributed by atoms with Crippen LogP contribution in [0.1, 0.15) is 5.56 Å². The number of pyridine rings is 1. The molecular formula is C15H13F3N2O2S. The number of nitrogens with zero attached hydrogens (tertiary/aromatic N) is 1. The maximum absolute atomic E-state index is 12.6. The molecule has 0 unspecified atom stereocenters. The summed E-state index contributed by atoms with van der Waals surface area (Å²) in [6, 6.07) is 8.08. The van der Waals surface area contributed by atoms with Gasteiger partial charge in [0.1, 0.15) is 0 Å². The molecule has 122 valence electrons. The number of carbonyl (C=O) groups is 1. The fourth-order valence-corrected chi connectivity index (χ4v) is 2.44. The van der Waals surface area contributed by atoms with E-state index in [1.807, 2.05) is 0 Å². The smallest absolute Gasteiger partial charge is 0.416 e. The zero-order valence-corrected chi connectivity index (χ0v) is 12.9. The second kappa shape index (κ2) is 7.36. The molecule has 8 heteroatoms. The predicted molar refractivity (Wildman–Crippen MR) is 81.6 cm³/mol. The normalized spacial score (nSPS) is 11.1. The monoisotopic (exact) mass is 342 g/mol. The number of hydrogen-bond acceptors (Lipinski definition) is 4. The molecule has 1 amide bonds. The van der Waals surface area contributed by atoms with Crippen molar-refractivity contribution in [3.63, 3.8) is 0 Å². The van der Waals surface area contributed by atoms with E-state index in [9.17, 15) is 18.0 Å². The first-order valence-corrected chi connectivity index (χ1v) is 7.47. The van der Waals surface area contributed by atoms with Gasteiger partial charge in [-0.05, 0) is 24.3 Å². The first kappa shape index (κ1) is 17.1. The lowest BCUT2D eigenvalue weighted by Crippen LogP contribution is -2.14. The third-order valence-electron chi connectivity index (χ3n) is 2.76. The summed E-state index contributed by atoms with van der Waals surface area (Å²) in [6.45, 7) is 0. The number of rotatable bonds is 5. The van der Waals surface area contributed by atoms with Gasteiger partial charge < -0.3 is 10.1 Å². The topological polar surface area (TPSA) is 51.2 Å². The van der Waals surface area contributed by atoms with Crippen molar-refractivity contribution < 1.29 is 22.7 Å². The number of amides is 1. The van der Waals surface area contributed by atoms with Crippen LogP contribution in [0.2, 0.25) is 0 Å². The van der Waals surface area contributed by atoms with Gasteiger partial charge in [-0.2, -0.15) is 13.2 Å². The summed E-state index contributed by atoms with van der Waals surface area (Å²) in [5, 5.41) is 2.61. The number of ether oxygens (including phenoxy) is 1. The van der Waals surface area contributed by atoms with Crippen LogP contribution in [0.5, 0.6) is 5.88 Å². The lowest BCUT2D eigenvalue weighted by Gasteiger charge is -2.09. The highest BCUT2D eigenvalue weighted by atomic mass is 32.2. The van der Waals surface area contributed by atoms with Crippen LogP contribution in [0.4, 0.5) is 18.9 Å². The molecule has 1 N–H and O–H groups in total. The zero-order valence-electron chi connectivity index (χ0n) is 12.1. The average molecular weight is 342 g/mol. The van der Waals surface area contributed by atoms with Gasteiger partial charge >= 0.3 is 6.18 Å². The summed E-state index contributed by atoms with van der Waals surface area (Å²) < 4.78 is 42.7. The van der Waals surface area contributed by atoms with Crippen molar-refractivity contribution >= 4 is 23.4 Å². The molecule has 2 aromatic rings. The third kappa shape index (κ3) is 5.17. The maximum atomic E-state index is 12.6.